The highest BCUT2D eigenvalue weighted by Gasteiger charge is 2.43. The fraction of sp³-hybridized carbons (Fsp3) is 1.00. The average molecular weight is 199 g/mol. The van der Waals surface area contributed by atoms with Gasteiger partial charge in [-0.3, -0.25) is 5.32 Å². The summed E-state index contributed by atoms with van der Waals surface area (Å²) in [6.07, 6.45) is 3.37. The van der Waals surface area contributed by atoms with E-state index in [0.717, 1.165) is 32.8 Å². The molecule has 0 aromatic rings. The molecule has 0 aromatic heterocycles. The highest BCUT2D eigenvalue weighted by Crippen LogP contribution is 2.34. The van der Waals surface area contributed by atoms with Crippen LogP contribution in [0.4, 0.5) is 0 Å². The van der Waals surface area contributed by atoms with E-state index in [1.165, 1.54) is 12.8 Å². The Balaban J connectivity index is 1.96. The number of rotatable bonds is 2. The first kappa shape index (κ1) is 10.4. The Bertz CT molecular complexity index is 177. The van der Waals surface area contributed by atoms with Crippen LogP contribution >= 0.6 is 0 Å². The molecule has 2 aliphatic rings. The van der Waals surface area contributed by atoms with E-state index in [-0.39, 0.29) is 5.72 Å². The van der Waals surface area contributed by atoms with Crippen molar-refractivity contribution in [1.29, 1.82) is 0 Å². The number of ether oxygens (including phenoxy) is 2. The normalized spacial score (nSPS) is 36.4. The Morgan fingerprint density at radius 2 is 2.00 bits per heavy atom. The molecule has 0 bridgehead atoms. The predicted molar refractivity (Wildman–Crippen MR) is 55.1 cm³/mol. The molecule has 0 radical (unpaired) electrons. The van der Waals surface area contributed by atoms with E-state index in [9.17, 15) is 0 Å². The zero-order chi connectivity index (χ0) is 10.1. The summed E-state index contributed by atoms with van der Waals surface area (Å²) < 4.78 is 11.4. The molecule has 0 aromatic carbocycles. The second kappa shape index (κ2) is 3.80. The second-order valence-corrected chi connectivity index (χ2v) is 4.65. The summed E-state index contributed by atoms with van der Waals surface area (Å²) in [5.41, 5.74) is 0.210. The van der Waals surface area contributed by atoms with Crippen LogP contribution in [0.25, 0.3) is 0 Å². The molecule has 2 fully saturated rings. The smallest absolute Gasteiger partial charge is 0.144 e. The SMILES string of the molecule is CCC1(CC)CNC2(CCOC2)OC1. The van der Waals surface area contributed by atoms with Gasteiger partial charge in [0.2, 0.25) is 0 Å². The monoisotopic (exact) mass is 199 g/mol. The quantitative estimate of drug-likeness (QED) is 0.731. The minimum Gasteiger partial charge on any atom is -0.377 e. The van der Waals surface area contributed by atoms with Gasteiger partial charge >= 0.3 is 0 Å². The lowest BCUT2D eigenvalue weighted by Gasteiger charge is -2.44. The van der Waals surface area contributed by atoms with Gasteiger partial charge in [0.05, 0.1) is 19.8 Å². The third-order valence-electron chi connectivity index (χ3n) is 3.93. The number of hydrogen-bond donors (Lipinski definition) is 1. The zero-order valence-corrected chi connectivity index (χ0v) is 9.27. The average Bonchev–Trinajstić information content (AvgIpc) is 2.69. The summed E-state index contributed by atoms with van der Waals surface area (Å²) in [6.45, 7) is 8.00. The van der Waals surface area contributed by atoms with Crippen LogP contribution in [-0.4, -0.2) is 32.1 Å². The number of hydrogen-bond acceptors (Lipinski definition) is 3. The Labute approximate surface area is 86.2 Å². The summed E-state index contributed by atoms with van der Waals surface area (Å²) in [5.74, 6) is 0. The van der Waals surface area contributed by atoms with E-state index in [0.29, 0.717) is 5.41 Å². The highest BCUT2D eigenvalue weighted by atomic mass is 16.6. The van der Waals surface area contributed by atoms with Crippen LogP contribution in [-0.2, 0) is 9.47 Å². The molecule has 2 aliphatic heterocycles. The van der Waals surface area contributed by atoms with Crippen LogP contribution < -0.4 is 5.32 Å². The molecule has 2 heterocycles. The molecule has 1 spiro atoms. The molecule has 3 heteroatoms. The van der Waals surface area contributed by atoms with Gasteiger partial charge in [0.15, 0.2) is 0 Å². The van der Waals surface area contributed by atoms with Crippen LogP contribution in [0.1, 0.15) is 33.1 Å². The molecule has 1 N–H and O–H groups in total. The van der Waals surface area contributed by atoms with E-state index < -0.39 is 0 Å². The van der Waals surface area contributed by atoms with Crippen LogP contribution in [0.15, 0.2) is 0 Å². The first-order chi connectivity index (χ1) is 6.74. The molecule has 2 rings (SSSR count). The molecular weight excluding hydrogens is 178 g/mol. The minimum atomic E-state index is -0.145. The first-order valence-electron chi connectivity index (χ1n) is 5.71. The van der Waals surface area contributed by atoms with Crippen molar-refractivity contribution in [2.75, 3.05) is 26.4 Å². The van der Waals surface area contributed by atoms with Crippen molar-refractivity contribution in [1.82, 2.24) is 5.32 Å². The van der Waals surface area contributed by atoms with Crippen LogP contribution in [0, 0.1) is 5.41 Å². The molecular formula is C11H21NO2. The van der Waals surface area contributed by atoms with Crippen LogP contribution in [0.5, 0.6) is 0 Å². The lowest BCUT2D eigenvalue weighted by atomic mass is 9.81. The zero-order valence-electron chi connectivity index (χ0n) is 9.27. The van der Waals surface area contributed by atoms with Gasteiger partial charge < -0.3 is 9.47 Å². The Morgan fingerprint density at radius 3 is 2.43 bits per heavy atom. The molecule has 3 nitrogen and oxygen atoms in total. The molecule has 0 amide bonds. The third kappa shape index (κ3) is 1.69. The molecule has 0 aliphatic carbocycles. The molecule has 1 atom stereocenters. The van der Waals surface area contributed by atoms with E-state index >= 15 is 0 Å². The Morgan fingerprint density at radius 1 is 1.21 bits per heavy atom. The van der Waals surface area contributed by atoms with Gasteiger partial charge in [0.25, 0.3) is 0 Å². The fourth-order valence-corrected chi connectivity index (χ4v) is 2.25. The lowest BCUT2D eigenvalue weighted by molar-refractivity contribution is -0.146. The largest absolute Gasteiger partial charge is 0.377 e. The van der Waals surface area contributed by atoms with Gasteiger partial charge in [-0.1, -0.05) is 13.8 Å². The highest BCUT2D eigenvalue weighted by molar-refractivity contribution is 4.92. The van der Waals surface area contributed by atoms with E-state index in [4.69, 9.17) is 9.47 Å². The van der Waals surface area contributed by atoms with E-state index in [2.05, 4.69) is 19.2 Å². The van der Waals surface area contributed by atoms with Gasteiger partial charge in [-0.25, -0.2) is 0 Å². The summed E-state index contributed by atoms with van der Waals surface area (Å²) >= 11 is 0. The molecule has 1 unspecified atom stereocenters. The topological polar surface area (TPSA) is 30.5 Å². The van der Waals surface area contributed by atoms with E-state index in [1.54, 1.807) is 0 Å². The maximum Gasteiger partial charge on any atom is 0.144 e. The summed E-state index contributed by atoms with van der Waals surface area (Å²) in [4.78, 5) is 0. The standard InChI is InChI=1S/C11H21NO2/c1-3-10(4-2)7-12-11(14-8-10)5-6-13-9-11/h12H,3-9H2,1-2H3. The van der Waals surface area contributed by atoms with Gasteiger partial charge in [-0.05, 0) is 12.8 Å². The van der Waals surface area contributed by atoms with Crippen molar-refractivity contribution in [3.05, 3.63) is 0 Å². The van der Waals surface area contributed by atoms with Crippen molar-refractivity contribution in [2.45, 2.75) is 38.8 Å². The predicted octanol–water partition coefficient (Wildman–Crippen LogP) is 1.53. The first-order valence-corrected chi connectivity index (χ1v) is 5.71. The molecule has 0 saturated carbocycles. The third-order valence-corrected chi connectivity index (χ3v) is 3.93. The fourth-order valence-electron chi connectivity index (χ4n) is 2.25. The van der Waals surface area contributed by atoms with Crippen molar-refractivity contribution >= 4 is 0 Å². The summed E-state index contributed by atoms with van der Waals surface area (Å²) in [5, 5.41) is 3.54. The van der Waals surface area contributed by atoms with Crippen molar-refractivity contribution in [3.8, 4) is 0 Å². The Hall–Kier alpha value is -0.120. The maximum atomic E-state index is 5.99. The van der Waals surface area contributed by atoms with Crippen molar-refractivity contribution in [3.63, 3.8) is 0 Å². The van der Waals surface area contributed by atoms with Crippen molar-refractivity contribution in [2.24, 2.45) is 5.41 Å². The van der Waals surface area contributed by atoms with Gasteiger partial charge in [-0.2, -0.15) is 0 Å². The van der Waals surface area contributed by atoms with Gasteiger partial charge in [-0.15, -0.1) is 0 Å². The van der Waals surface area contributed by atoms with Gasteiger partial charge in [0.1, 0.15) is 5.72 Å². The molecule has 82 valence electrons. The number of nitrogens with one attached hydrogen (secondary N) is 1. The minimum absolute atomic E-state index is 0.145. The molecule has 2 saturated heterocycles. The van der Waals surface area contributed by atoms with Gasteiger partial charge in [0, 0.05) is 18.4 Å². The second-order valence-electron chi connectivity index (χ2n) is 4.65. The molecule has 14 heavy (non-hydrogen) atoms. The maximum absolute atomic E-state index is 5.99. The Kier molecular flexibility index (Phi) is 2.82. The summed E-state index contributed by atoms with van der Waals surface area (Å²) in [6, 6.07) is 0. The lowest BCUT2D eigenvalue weighted by Crippen LogP contribution is -2.59. The van der Waals surface area contributed by atoms with Crippen molar-refractivity contribution < 1.29 is 9.47 Å². The summed E-state index contributed by atoms with van der Waals surface area (Å²) in [7, 11) is 0. The van der Waals surface area contributed by atoms with Crippen LogP contribution in [0.3, 0.4) is 0 Å². The van der Waals surface area contributed by atoms with E-state index in [1.807, 2.05) is 0 Å². The van der Waals surface area contributed by atoms with Crippen LogP contribution in [0.2, 0.25) is 0 Å².